The fourth-order valence-electron chi connectivity index (χ4n) is 2.19. The summed E-state index contributed by atoms with van der Waals surface area (Å²) in [5.74, 6) is -1.02. The van der Waals surface area contributed by atoms with Crippen molar-refractivity contribution >= 4 is 36.7 Å². The predicted molar refractivity (Wildman–Crippen MR) is 110 cm³/mol. The summed E-state index contributed by atoms with van der Waals surface area (Å²) in [5.41, 5.74) is 1.21. The Morgan fingerprint density at radius 1 is 1.21 bits per heavy atom. The van der Waals surface area contributed by atoms with Gasteiger partial charge in [-0.25, -0.2) is 4.79 Å². The number of esters is 1. The van der Waals surface area contributed by atoms with Crippen LogP contribution in [0, 0.1) is 11.8 Å². The van der Waals surface area contributed by atoms with Gasteiger partial charge in [0.05, 0.1) is 16.6 Å². The number of nitrogens with one attached hydrogen (secondary N) is 1. The molecule has 0 bridgehead atoms. The number of ether oxygens (including phenoxy) is 2. The molecule has 1 unspecified atom stereocenters. The zero-order chi connectivity index (χ0) is 21.5. The maximum Gasteiger partial charge on any atom is 0.414 e. The molecule has 0 aliphatic carbocycles. The van der Waals surface area contributed by atoms with Crippen molar-refractivity contribution in [3.05, 3.63) is 28.8 Å². The molecule has 9 heteroatoms. The molecule has 0 aromatic heterocycles. The van der Waals surface area contributed by atoms with E-state index in [4.69, 9.17) is 21.1 Å². The number of amides is 1. The molecule has 0 aliphatic rings. The lowest BCUT2D eigenvalue weighted by Crippen LogP contribution is -2.32. The summed E-state index contributed by atoms with van der Waals surface area (Å²) < 4.78 is 21.8. The third-order valence-corrected chi connectivity index (χ3v) is 5.25. The van der Waals surface area contributed by atoms with Crippen molar-refractivity contribution in [2.24, 2.45) is 11.8 Å². The van der Waals surface area contributed by atoms with E-state index in [-0.39, 0.29) is 18.0 Å². The Bertz CT molecular complexity index is 731. The number of halogens is 1. The number of rotatable bonds is 9. The Morgan fingerprint density at radius 2 is 1.86 bits per heavy atom. The van der Waals surface area contributed by atoms with Crippen LogP contribution in [-0.2, 0) is 25.3 Å². The lowest BCUT2D eigenvalue weighted by molar-refractivity contribution is -0.177. The van der Waals surface area contributed by atoms with Gasteiger partial charge in [-0.05, 0) is 30.5 Å². The number of carbonyl (C=O) groups excluding carboxylic acids is 2. The normalized spacial score (nSPS) is 14.5. The highest BCUT2D eigenvalue weighted by Gasteiger charge is 2.24. The van der Waals surface area contributed by atoms with E-state index < -0.39 is 25.7 Å². The minimum atomic E-state index is -3.05. The van der Waals surface area contributed by atoms with Crippen LogP contribution in [0.2, 0.25) is 5.02 Å². The topological polar surface area (TPSA) is 102 Å². The van der Waals surface area contributed by atoms with Gasteiger partial charge in [-0.3, -0.25) is 14.7 Å². The molecular weight excluding hydrogens is 405 g/mol. The summed E-state index contributed by atoms with van der Waals surface area (Å²) >= 11 is 6.13. The summed E-state index contributed by atoms with van der Waals surface area (Å²) in [7, 11) is -3.05. The van der Waals surface area contributed by atoms with Gasteiger partial charge in [0.25, 0.3) is 6.29 Å². The van der Waals surface area contributed by atoms with Crippen LogP contribution in [0.5, 0.6) is 0 Å². The van der Waals surface area contributed by atoms with Gasteiger partial charge in [-0.2, -0.15) is 0 Å². The summed E-state index contributed by atoms with van der Waals surface area (Å²) in [6.45, 7) is 8.26. The number of hydrogen-bond donors (Lipinski definition) is 2. The molecule has 2 N–H and O–H groups in total. The molecule has 1 aromatic carbocycles. The first-order valence-corrected chi connectivity index (χ1v) is 11.8. The van der Waals surface area contributed by atoms with Gasteiger partial charge in [0, 0.05) is 18.7 Å². The highest BCUT2D eigenvalue weighted by Crippen LogP contribution is 2.36. The maximum absolute atomic E-state index is 12.2. The van der Waals surface area contributed by atoms with Crippen LogP contribution in [0.25, 0.3) is 0 Å². The lowest BCUT2D eigenvalue weighted by atomic mass is 10.1. The molecular formula is C19H29ClNO6P. The predicted octanol–water partition coefficient (Wildman–Crippen LogP) is 4.90. The van der Waals surface area contributed by atoms with Crippen LogP contribution in [0.3, 0.4) is 0 Å². The second kappa shape index (κ2) is 10.8. The van der Waals surface area contributed by atoms with Gasteiger partial charge >= 0.3 is 12.1 Å². The molecule has 0 saturated heterocycles. The van der Waals surface area contributed by atoms with Crippen molar-refractivity contribution in [2.45, 2.75) is 46.8 Å². The quantitative estimate of drug-likeness (QED) is 0.326. The lowest BCUT2D eigenvalue weighted by Gasteiger charge is -2.22. The molecule has 158 valence electrons. The van der Waals surface area contributed by atoms with E-state index in [2.05, 4.69) is 5.32 Å². The van der Waals surface area contributed by atoms with Crippen molar-refractivity contribution < 1.29 is 28.5 Å². The second-order valence-corrected chi connectivity index (χ2v) is 10.4. The molecule has 0 fully saturated rings. The smallest absolute Gasteiger partial charge is 0.414 e. The van der Waals surface area contributed by atoms with Gasteiger partial charge in [-0.15, -0.1) is 0 Å². The molecule has 1 rings (SSSR count). The van der Waals surface area contributed by atoms with Gasteiger partial charge in [-0.1, -0.05) is 45.4 Å². The minimum absolute atomic E-state index is 0.220. The van der Waals surface area contributed by atoms with Crippen LogP contribution >= 0.6 is 19.0 Å². The van der Waals surface area contributed by atoms with Crippen LogP contribution < -0.4 is 5.32 Å². The first-order chi connectivity index (χ1) is 12.9. The number of hydrogen-bond acceptors (Lipinski definition) is 5. The van der Waals surface area contributed by atoms with E-state index >= 15 is 0 Å². The molecule has 28 heavy (non-hydrogen) atoms. The van der Waals surface area contributed by atoms with Crippen molar-refractivity contribution in [3.8, 4) is 0 Å². The molecule has 7 nitrogen and oxygen atoms in total. The Morgan fingerprint density at radius 3 is 2.39 bits per heavy atom. The molecule has 2 atom stereocenters. The average Bonchev–Trinajstić information content (AvgIpc) is 2.55. The van der Waals surface area contributed by atoms with Crippen molar-refractivity contribution in [1.82, 2.24) is 0 Å². The zero-order valence-electron chi connectivity index (χ0n) is 16.9. The molecule has 0 heterocycles. The highest BCUT2D eigenvalue weighted by molar-refractivity contribution is 7.57. The van der Waals surface area contributed by atoms with E-state index in [1.54, 1.807) is 45.9 Å². The molecule has 0 spiro atoms. The van der Waals surface area contributed by atoms with E-state index in [1.807, 2.05) is 0 Å². The third-order valence-electron chi connectivity index (χ3n) is 3.78. The Hall–Kier alpha value is -1.56. The van der Waals surface area contributed by atoms with E-state index in [9.17, 15) is 19.0 Å². The fraction of sp³-hybridized carbons (Fsp3) is 0.579. The number of aryl methyl sites for hydroxylation is 1. The highest BCUT2D eigenvalue weighted by atomic mass is 35.5. The van der Waals surface area contributed by atoms with Crippen LogP contribution in [-0.4, -0.2) is 36.1 Å². The fourth-order valence-corrected chi connectivity index (χ4v) is 3.10. The number of anilines is 1. The Labute approximate surface area is 171 Å². The standard InChI is InChI=1S/C19H29ClNO6P/c1-12(2)17(22)26-18(13(3)4)27-19(23)21-16-11-14(8-9-15(16)20)7-6-10-28(5,24)25/h8-9,11-13,18H,6-7,10H2,1-5H3,(H,21,23)(H,24,25)/t18-/m0/s1. The van der Waals surface area contributed by atoms with Gasteiger partial charge < -0.3 is 14.4 Å². The van der Waals surface area contributed by atoms with E-state index in [0.717, 1.165) is 5.56 Å². The van der Waals surface area contributed by atoms with Crippen molar-refractivity contribution in [3.63, 3.8) is 0 Å². The van der Waals surface area contributed by atoms with Crippen LogP contribution in [0.4, 0.5) is 10.5 Å². The molecule has 1 aromatic rings. The van der Waals surface area contributed by atoms with Gasteiger partial charge in [0.15, 0.2) is 7.37 Å². The summed E-state index contributed by atoms with van der Waals surface area (Å²) in [5, 5.41) is 2.88. The van der Waals surface area contributed by atoms with Gasteiger partial charge in [0.2, 0.25) is 0 Å². The molecule has 0 aliphatic heterocycles. The monoisotopic (exact) mass is 433 g/mol. The zero-order valence-corrected chi connectivity index (χ0v) is 18.5. The van der Waals surface area contributed by atoms with Crippen LogP contribution in [0.15, 0.2) is 18.2 Å². The van der Waals surface area contributed by atoms with Crippen molar-refractivity contribution in [1.29, 1.82) is 0 Å². The Balaban J connectivity index is 2.74. The van der Waals surface area contributed by atoms with Crippen molar-refractivity contribution in [2.75, 3.05) is 18.1 Å². The van der Waals surface area contributed by atoms with Gasteiger partial charge in [0.1, 0.15) is 0 Å². The largest absolute Gasteiger partial charge is 0.425 e. The Kier molecular flexibility index (Phi) is 9.48. The number of benzene rings is 1. The molecule has 1 amide bonds. The summed E-state index contributed by atoms with van der Waals surface area (Å²) in [4.78, 5) is 33.4. The number of carbonyl (C=O) groups is 2. The summed E-state index contributed by atoms with van der Waals surface area (Å²) in [6, 6.07) is 5.11. The first-order valence-electron chi connectivity index (χ1n) is 9.15. The minimum Gasteiger partial charge on any atom is -0.425 e. The SMILES string of the molecule is CC(C)C(=O)O[C@@H](OC(=O)Nc1cc(CCCP(C)(=O)O)ccc1Cl)C(C)C. The molecule has 0 radical (unpaired) electrons. The third kappa shape index (κ3) is 9.09. The van der Waals surface area contributed by atoms with E-state index in [0.29, 0.717) is 23.6 Å². The van der Waals surface area contributed by atoms with Crippen LogP contribution in [0.1, 0.15) is 39.7 Å². The first kappa shape index (κ1) is 24.5. The second-order valence-electron chi connectivity index (χ2n) is 7.43. The summed E-state index contributed by atoms with van der Waals surface area (Å²) in [6.07, 6.45) is -0.476. The average molecular weight is 434 g/mol. The maximum atomic E-state index is 12.2. The molecule has 0 saturated carbocycles. The van der Waals surface area contributed by atoms with E-state index in [1.165, 1.54) is 6.66 Å².